The summed E-state index contributed by atoms with van der Waals surface area (Å²) in [6.45, 7) is 1.97. The van der Waals surface area contributed by atoms with Crippen molar-refractivity contribution in [1.29, 1.82) is 0 Å². The predicted octanol–water partition coefficient (Wildman–Crippen LogP) is 0.262. The first-order valence-corrected chi connectivity index (χ1v) is 9.78. The summed E-state index contributed by atoms with van der Waals surface area (Å²) in [6.07, 6.45) is -1.41. The first-order valence-electron chi connectivity index (χ1n) is 4.76. The maximum absolute atomic E-state index is 11.2. The second kappa shape index (κ2) is 5.44. The molecule has 0 saturated heterocycles. The third-order valence-electron chi connectivity index (χ3n) is 2.54. The highest BCUT2D eigenvalue weighted by Gasteiger charge is 2.56. The quantitative estimate of drug-likeness (QED) is 0.374. The van der Waals surface area contributed by atoms with Crippen LogP contribution in [0.25, 0.3) is 0 Å². The summed E-state index contributed by atoms with van der Waals surface area (Å²) < 4.78 is 33.2. The van der Waals surface area contributed by atoms with Crippen LogP contribution in [0.3, 0.4) is 0 Å². The number of hydrogen-bond acceptors (Lipinski definition) is 3. The van der Waals surface area contributed by atoms with E-state index in [-0.39, 0.29) is 0 Å². The average Bonchev–Trinajstić information content (AvgIpc) is 1.94. The van der Waals surface area contributed by atoms with Crippen molar-refractivity contribution in [1.82, 2.24) is 0 Å². The average molecular weight is 326 g/mol. The molecular weight excluding hydrogens is 309 g/mol. The van der Waals surface area contributed by atoms with Crippen molar-refractivity contribution >= 4 is 22.8 Å². The van der Waals surface area contributed by atoms with Gasteiger partial charge in [0.25, 0.3) is 0 Å². The highest BCUT2D eigenvalue weighted by molar-refractivity contribution is 7.72. The molecule has 0 fully saturated rings. The smallest absolute Gasteiger partial charge is 0.324 e. The van der Waals surface area contributed by atoms with Gasteiger partial charge in [0.05, 0.1) is 6.16 Å². The van der Waals surface area contributed by atoms with Crippen LogP contribution >= 0.6 is 22.8 Å². The van der Waals surface area contributed by atoms with E-state index in [9.17, 15) is 13.7 Å². The molecule has 9 nitrogen and oxygen atoms in total. The number of rotatable bonds is 6. The van der Waals surface area contributed by atoms with Gasteiger partial charge in [-0.2, -0.15) is 0 Å². The third kappa shape index (κ3) is 4.85. The van der Waals surface area contributed by atoms with Gasteiger partial charge in [-0.05, 0) is 19.3 Å². The fourth-order valence-corrected chi connectivity index (χ4v) is 4.94. The Bertz CT molecular complexity index is 406. The van der Waals surface area contributed by atoms with E-state index in [1.54, 1.807) is 0 Å². The Morgan fingerprint density at radius 1 is 0.944 bits per heavy atom. The van der Waals surface area contributed by atoms with Crippen LogP contribution in [-0.4, -0.2) is 40.4 Å². The Balaban J connectivity index is 5.26. The van der Waals surface area contributed by atoms with Gasteiger partial charge in [-0.3, -0.25) is 13.7 Å². The minimum Gasteiger partial charge on any atom is -0.324 e. The summed E-state index contributed by atoms with van der Waals surface area (Å²) in [5, 5.41) is 0. The van der Waals surface area contributed by atoms with Crippen LogP contribution in [0.15, 0.2) is 0 Å². The van der Waals surface area contributed by atoms with E-state index in [0.29, 0.717) is 6.92 Å². The van der Waals surface area contributed by atoms with Gasteiger partial charge in [0.2, 0.25) is 0 Å². The monoisotopic (exact) mass is 326 g/mol. The molecule has 1 unspecified atom stereocenters. The van der Waals surface area contributed by atoms with Gasteiger partial charge in [-0.1, -0.05) is 6.92 Å². The van der Waals surface area contributed by atoms with Crippen molar-refractivity contribution in [2.24, 2.45) is 5.92 Å². The van der Waals surface area contributed by atoms with E-state index in [2.05, 4.69) is 0 Å². The minimum absolute atomic E-state index is 0.702. The minimum atomic E-state index is -5.14. The first-order chi connectivity index (χ1) is 7.60. The molecule has 0 bridgehead atoms. The standard InChI is InChI=1S/C6H17O9P3/c1-5(4-16(7,8)9)3-6(2,17(10,11)12)18(13,14)15/h5H,3-4H2,1-2H3,(H2,7,8,9)(H2,10,11,12)(H2,13,14,15). The molecular formula is C6H17O9P3. The molecule has 18 heavy (non-hydrogen) atoms. The largest absolute Gasteiger partial charge is 0.343 e. The van der Waals surface area contributed by atoms with Crippen molar-refractivity contribution < 1.29 is 43.1 Å². The Morgan fingerprint density at radius 3 is 1.50 bits per heavy atom. The molecule has 110 valence electrons. The van der Waals surface area contributed by atoms with E-state index in [1.165, 1.54) is 6.92 Å². The molecule has 1 atom stereocenters. The Hall–Kier alpha value is 0.450. The van der Waals surface area contributed by atoms with Crippen LogP contribution < -0.4 is 0 Å². The third-order valence-corrected chi connectivity index (χ3v) is 8.08. The summed E-state index contributed by atoms with van der Waals surface area (Å²) in [5.41, 5.74) is 0. The summed E-state index contributed by atoms with van der Waals surface area (Å²) in [6, 6.07) is 0. The van der Waals surface area contributed by atoms with E-state index in [0.717, 1.165) is 0 Å². The molecule has 0 aromatic carbocycles. The normalized spacial score (nSPS) is 16.7. The summed E-state index contributed by atoms with van der Waals surface area (Å²) >= 11 is 0. The van der Waals surface area contributed by atoms with Crippen LogP contribution in [0.1, 0.15) is 20.3 Å². The van der Waals surface area contributed by atoms with Gasteiger partial charge in [0, 0.05) is 0 Å². The highest BCUT2D eigenvalue weighted by Crippen LogP contribution is 2.71. The lowest BCUT2D eigenvalue weighted by Gasteiger charge is -2.33. The molecule has 0 aliphatic heterocycles. The molecule has 0 amide bonds. The molecule has 0 rings (SSSR count). The van der Waals surface area contributed by atoms with E-state index in [1.807, 2.05) is 0 Å². The topological polar surface area (TPSA) is 173 Å². The van der Waals surface area contributed by atoms with Gasteiger partial charge < -0.3 is 29.4 Å². The van der Waals surface area contributed by atoms with Gasteiger partial charge in [0.1, 0.15) is 0 Å². The van der Waals surface area contributed by atoms with Crippen molar-refractivity contribution in [3.05, 3.63) is 0 Å². The van der Waals surface area contributed by atoms with E-state index >= 15 is 0 Å². The number of hydrogen-bond donors (Lipinski definition) is 6. The Labute approximate surface area is 104 Å². The predicted molar refractivity (Wildman–Crippen MR) is 63.2 cm³/mol. The van der Waals surface area contributed by atoms with Gasteiger partial charge in [-0.15, -0.1) is 0 Å². The van der Waals surface area contributed by atoms with E-state index < -0.39 is 46.2 Å². The van der Waals surface area contributed by atoms with Crippen molar-refractivity contribution in [2.45, 2.75) is 25.2 Å². The summed E-state index contributed by atoms with van der Waals surface area (Å²) in [5.74, 6) is -0.962. The zero-order valence-electron chi connectivity index (χ0n) is 9.74. The lowest BCUT2D eigenvalue weighted by Crippen LogP contribution is -2.28. The molecule has 12 heteroatoms. The summed E-state index contributed by atoms with van der Waals surface area (Å²) in [4.78, 5) is 51.0. The lowest BCUT2D eigenvalue weighted by molar-refractivity contribution is 0.293. The fourth-order valence-electron chi connectivity index (χ4n) is 1.54. The zero-order chi connectivity index (χ0) is 15.0. The zero-order valence-corrected chi connectivity index (χ0v) is 12.4. The van der Waals surface area contributed by atoms with Crippen LogP contribution in [-0.2, 0) is 13.7 Å². The first kappa shape index (κ1) is 18.4. The summed E-state index contributed by atoms with van der Waals surface area (Å²) in [7, 11) is -14.7. The molecule has 0 heterocycles. The molecule has 0 aliphatic carbocycles. The van der Waals surface area contributed by atoms with Gasteiger partial charge in [-0.25, -0.2) is 0 Å². The van der Waals surface area contributed by atoms with Crippen molar-refractivity contribution in [3.63, 3.8) is 0 Å². The lowest BCUT2D eigenvalue weighted by atomic mass is 10.1. The maximum atomic E-state index is 11.2. The Morgan fingerprint density at radius 2 is 1.28 bits per heavy atom. The fraction of sp³-hybridized carbons (Fsp3) is 1.00. The molecule has 0 aromatic rings. The SMILES string of the molecule is CC(CC(C)(P(=O)(O)O)P(=O)(O)O)CP(=O)(O)O. The second-order valence-corrected chi connectivity index (χ2v) is 10.7. The molecule has 0 aliphatic rings. The van der Waals surface area contributed by atoms with Crippen LogP contribution in [0.2, 0.25) is 0 Å². The Kier molecular flexibility index (Phi) is 5.58. The van der Waals surface area contributed by atoms with Gasteiger partial charge >= 0.3 is 22.8 Å². The van der Waals surface area contributed by atoms with Crippen LogP contribution in [0, 0.1) is 5.92 Å². The molecule has 0 aromatic heterocycles. The van der Waals surface area contributed by atoms with Crippen LogP contribution in [0.4, 0.5) is 0 Å². The van der Waals surface area contributed by atoms with E-state index in [4.69, 9.17) is 29.4 Å². The van der Waals surface area contributed by atoms with Gasteiger partial charge in [0.15, 0.2) is 4.90 Å². The van der Waals surface area contributed by atoms with Crippen molar-refractivity contribution in [2.75, 3.05) is 6.16 Å². The van der Waals surface area contributed by atoms with Crippen molar-refractivity contribution in [3.8, 4) is 0 Å². The maximum Gasteiger partial charge on any atom is 0.343 e. The second-order valence-electron chi connectivity index (χ2n) is 4.46. The highest BCUT2D eigenvalue weighted by atomic mass is 31.2. The molecule has 0 spiro atoms. The molecule has 0 radical (unpaired) electrons. The molecule has 6 N–H and O–H groups in total. The van der Waals surface area contributed by atoms with Crippen LogP contribution in [0.5, 0.6) is 0 Å². The molecule has 0 saturated carbocycles.